The minimum absolute atomic E-state index is 0.574. The molecule has 0 atom stereocenters. The van der Waals surface area contributed by atoms with Gasteiger partial charge in [0.15, 0.2) is 0 Å². The molecule has 3 aromatic carbocycles. The number of fused-ring (bicyclic) bond motifs is 1. The second-order valence-corrected chi connectivity index (χ2v) is 7.89. The van der Waals surface area contributed by atoms with Crippen LogP contribution in [0, 0.1) is 6.92 Å². The van der Waals surface area contributed by atoms with Crippen LogP contribution in [0.25, 0.3) is 22.0 Å². The lowest BCUT2D eigenvalue weighted by atomic mass is 9.96. The van der Waals surface area contributed by atoms with Crippen molar-refractivity contribution in [1.29, 1.82) is 0 Å². The maximum atomic E-state index is 6.30. The molecule has 4 aromatic rings. The molecule has 5 heteroatoms. The molecule has 3 N–H and O–H groups in total. The lowest BCUT2D eigenvalue weighted by Crippen LogP contribution is -2.36. The smallest absolute Gasteiger partial charge is 0.147 e. The van der Waals surface area contributed by atoms with Crippen LogP contribution >= 0.6 is 0 Å². The highest BCUT2D eigenvalue weighted by molar-refractivity contribution is 5.93. The van der Waals surface area contributed by atoms with Gasteiger partial charge in [0.05, 0.1) is 24.4 Å². The molecule has 0 spiro atoms. The van der Waals surface area contributed by atoms with Crippen molar-refractivity contribution in [3.05, 3.63) is 78.4 Å². The highest BCUT2D eigenvalue weighted by atomic mass is 16.5. The van der Waals surface area contributed by atoms with Gasteiger partial charge in [0, 0.05) is 35.4 Å². The standard InChI is InChI=1S/C26H26N4O/c1-18-6-5-9-23(28-21-7-3-2-4-8-21)25(18)19-10-11-22-20(16-19)17-24(26(27)29-22)30-12-14-31-15-13-30/h2-11,16-17,28H,12-15H2,1H3,(H2,27,29). The Morgan fingerprint density at radius 3 is 2.55 bits per heavy atom. The number of rotatable bonds is 4. The summed E-state index contributed by atoms with van der Waals surface area (Å²) in [5.41, 5.74) is 13.9. The van der Waals surface area contributed by atoms with Gasteiger partial charge in [-0.25, -0.2) is 4.98 Å². The van der Waals surface area contributed by atoms with Crippen molar-refractivity contribution in [1.82, 2.24) is 4.98 Å². The second kappa shape index (κ2) is 8.28. The number of nitrogens with two attached hydrogens (primary N) is 1. The van der Waals surface area contributed by atoms with Gasteiger partial charge in [0.2, 0.25) is 0 Å². The molecule has 156 valence electrons. The number of hydrogen-bond acceptors (Lipinski definition) is 5. The third-order valence-electron chi connectivity index (χ3n) is 5.79. The average Bonchev–Trinajstić information content (AvgIpc) is 2.80. The molecule has 5 rings (SSSR count). The fraction of sp³-hybridized carbons (Fsp3) is 0.192. The number of pyridine rings is 1. The van der Waals surface area contributed by atoms with E-state index in [9.17, 15) is 0 Å². The van der Waals surface area contributed by atoms with Crippen LogP contribution in [0.1, 0.15) is 5.56 Å². The molecule has 0 aliphatic carbocycles. The molecule has 0 saturated carbocycles. The van der Waals surface area contributed by atoms with Gasteiger partial charge in [0.1, 0.15) is 5.82 Å². The second-order valence-electron chi connectivity index (χ2n) is 7.89. The molecule has 2 heterocycles. The Morgan fingerprint density at radius 2 is 1.74 bits per heavy atom. The van der Waals surface area contributed by atoms with Gasteiger partial charge in [-0.3, -0.25) is 0 Å². The molecule has 1 fully saturated rings. The van der Waals surface area contributed by atoms with Gasteiger partial charge in [-0.05, 0) is 54.4 Å². The van der Waals surface area contributed by atoms with Crippen LogP contribution < -0.4 is 16.0 Å². The van der Waals surface area contributed by atoms with Crippen molar-refractivity contribution in [2.24, 2.45) is 0 Å². The fourth-order valence-electron chi connectivity index (χ4n) is 4.23. The van der Waals surface area contributed by atoms with E-state index in [2.05, 4.69) is 76.7 Å². The summed E-state index contributed by atoms with van der Waals surface area (Å²) in [5, 5.41) is 4.66. The molecule has 1 aliphatic heterocycles. The Bertz CT molecular complexity index is 1220. The van der Waals surface area contributed by atoms with Crippen molar-refractivity contribution in [2.45, 2.75) is 6.92 Å². The van der Waals surface area contributed by atoms with Crippen LogP contribution in [0.15, 0.2) is 72.8 Å². The van der Waals surface area contributed by atoms with E-state index < -0.39 is 0 Å². The molecule has 0 unspecified atom stereocenters. The first-order chi connectivity index (χ1) is 15.2. The number of aromatic nitrogens is 1. The van der Waals surface area contributed by atoms with Crippen LogP contribution in [-0.4, -0.2) is 31.3 Å². The zero-order chi connectivity index (χ0) is 21.2. The summed E-state index contributed by atoms with van der Waals surface area (Å²) in [6.45, 7) is 5.25. The van der Waals surface area contributed by atoms with E-state index in [1.54, 1.807) is 0 Å². The van der Waals surface area contributed by atoms with E-state index in [1.807, 2.05) is 18.2 Å². The number of nitrogens with zero attached hydrogens (tertiary/aromatic N) is 2. The maximum Gasteiger partial charge on any atom is 0.147 e. The summed E-state index contributed by atoms with van der Waals surface area (Å²) >= 11 is 0. The van der Waals surface area contributed by atoms with Crippen molar-refractivity contribution >= 4 is 33.8 Å². The third-order valence-corrected chi connectivity index (χ3v) is 5.79. The lowest BCUT2D eigenvalue weighted by molar-refractivity contribution is 0.123. The summed E-state index contributed by atoms with van der Waals surface area (Å²) < 4.78 is 5.49. The van der Waals surface area contributed by atoms with Crippen LogP contribution in [0.5, 0.6) is 0 Å². The van der Waals surface area contributed by atoms with Crippen molar-refractivity contribution < 1.29 is 4.74 Å². The molecule has 31 heavy (non-hydrogen) atoms. The molecule has 5 nitrogen and oxygen atoms in total. The van der Waals surface area contributed by atoms with Gasteiger partial charge < -0.3 is 20.7 Å². The third kappa shape index (κ3) is 3.92. The van der Waals surface area contributed by atoms with E-state index in [4.69, 9.17) is 10.5 Å². The number of anilines is 4. The minimum atomic E-state index is 0.574. The molecule has 1 saturated heterocycles. The van der Waals surface area contributed by atoms with Gasteiger partial charge in [-0.15, -0.1) is 0 Å². The van der Waals surface area contributed by atoms with E-state index in [0.29, 0.717) is 5.82 Å². The molecule has 0 radical (unpaired) electrons. The van der Waals surface area contributed by atoms with Crippen molar-refractivity contribution in [3.8, 4) is 11.1 Å². The quantitative estimate of drug-likeness (QED) is 0.473. The Morgan fingerprint density at radius 1 is 0.935 bits per heavy atom. The fourth-order valence-corrected chi connectivity index (χ4v) is 4.23. The number of morpholine rings is 1. The number of nitrogens with one attached hydrogen (secondary N) is 1. The van der Waals surface area contributed by atoms with Crippen molar-refractivity contribution in [3.63, 3.8) is 0 Å². The number of benzene rings is 3. The van der Waals surface area contributed by atoms with Crippen molar-refractivity contribution in [2.75, 3.05) is 42.3 Å². The topological polar surface area (TPSA) is 63.4 Å². The van der Waals surface area contributed by atoms with E-state index >= 15 is 0 Å². The first kappa shape index (κ1) is 19.4. The zero-order valence-corrected chi connectivity index (χ0v) is 17.6. The molecule has 1 aromatic heterocycles. The number of hydrogen-bond donors (Lipinski definition) is 2. The van der Waals surface area contributed by atoms with Crippen LogP contribution in [-0.2, 0) is 4.74 Å². The summed E-state index contributed by atoms with van der Waals surface area (Å²) in [7, 11) is 0. The monoisotopic (exact) mass is 410 g/mol. The summed E-state index contributed by atoms with van der Waals surface area (Å²) in [4.78, 5) is 6.94. The predicted molar refractivity (Wildman–Crippen MR) is 129 cm³/mol. The van der Waals surface area contributed by atoms with E-state index in [0.717, 1.165) is 59.8 Å². The number of nitrogen functional groups attached to an aromatic ring is 1. The maximum absolute atomic E-state index is 6.30. The first-order valence-electron chi connectivity index (χ1n) is 10.6. The molecule has 1 aliphatic rings. The average molecular weight is 411 g/mol. The Balaban J connectivity index is 1.58. The number of para-hydroxylation sites is 1. The Kier molecular flexibility index (Phi) is 5.18. The van der Waals surface area contributed by atoms with Crippen LogP contribution in [0.4, 0.5) is 22.9 Å². The lowest BCUT2D eigenvalue weighted by Gasteiger charge is -2.29. The Labute approximate surface area is 182 Å². The van der Waals surface area contributed by atoms with E-state index in [-0.39, 0.29) is 0 Å². The molecule has 0 bridgehead atoms. The van der Waals surface area contributed by atoms with Crippen LogP contribution in [0.3, 0.4) is 0 Å². The summed E-state index contributed by atoms with van der Waals surface area (Å²) in [6.07, 6.45) is 0. The highest BCUT2D eigenvalue weighted by Gasteiger charge is 2.16. The van der Waals surface area contributed by atoms with Gasteiger partial charge in [0.25, 0.3) is 0 Å². The Hall–Kier alpha value is -3.57. The van der Waals surface area contributed by atoms with Gasteiger partial charge >= 0.3 is 0 Å². The SMILES string of the molecule is Cc1cccc(Nc2ccccc2)c1-c1ccc2nc(N)c(N3CCOCC3)cc2c1. The minimum Gasteiger partial charge on any atom is -0.382 e. The van der Waals surface area contributed by atoms with E-state index in [1.165, 1.54) is 11.1 Å². The number of ether oxygens (including phenoxy) is 1. The van der Waals surface area contributed by atoms with Gasteiger partial charge in [-0.1, -0.05) is 36.4 Å². The van der Waals surface area contributed by atoms with Gasteiger partial charge in [-0.2, -0.15) is 0 Å². The zero-order valence-electron chi connectivity index (χ0n) is 17.6. The van der Waals surface area contributed by atoms with Crippen LogP contribution in [0.2, 0.25) is 0 Å². The molecular weight excluding hydrogens is 384 g/mol. The normalized spacial score (nSPS) is 14.0. The first-order valence-corrected chi connectivity index (χ1v) is 10.6. The highest BCUT2D eigenvalue weighted by Crippen LogP contribution is 2.36. The largest absolute Gasteiger partial charge is 0.382 e. The predicted octanol–water partition coefficient (Wildman–Crippen LogP) is 5.37. The molecular formula is C26H26N4O. The summed E-state index contributed by atoms with van der Waals surface area (Å²) in [6, 6.07) is 25.2. The molecule has 0 amide bonds. The number of aryl methyl sites for hydroxylation is 1. The summed E-state index contributed by atoms with van der Waals surface area (Å²) in [5.74, 6) is 0.574.